The molecule has 0 bridgehead atoms. The summed E-state index contributed by atoms with van der Waals surface area (Å²) >= 11 is 0. The minimum atomic E-state index is 0.747. The van der Waals surface area contributed by atoms with Crippen molar-refractivity contribution >= 4 is 5.71 Å². The van der Waals surface area contributed by atoms with E-state index in [4.69, 9.17) is 0 Å². The molecule has 0 spiro atoms. The van der Waals surface area contributed by atoms with Crippen LogP contribution in [0.2, 0.25) is 0 Å². The van der Waals surface area contributed by atoms with Crippen LogP contribution in [0, 0.1) is 6.92 Å². The number of aryl methyl sites for hydroxylation is 1. The fourth-order valence-electron chi connectivity index (χ4n) is 4.53. The van der Waals surface area contributed by atoms with Crippen LogP contribution in [0.25, 0.3) is 28.1 Å². The Hall–Kier alpha value is -3.72. The number of benzene rings is 3. The Morgan fingerprint density at radius 2 is 1.42 bits per heavy atom. The van der Waals surface area contributed by atoms with Crippen molar-refractivity contribution in [1.82, 2.24) is 0 Å². The largest absolute Gasteiger partial charge is 0.410 e. The average Bonchev–Trinajstić information content (AvgIpc) is 2.84. The first-order chi connectivity index (χ1) is 15.3. The van der Waals surface area contributed by atoms with Crippen LogP contribution < -0.4 is 4.57 Å². The Kier molecular flexibility index (Phi) is 5.09. The van der Waals surface area contributed by atoms with Crippen molar-refractivity contribution in [2.75, 3.05) is 0 Å². The number of rotatable bonds is 3. The van der Waals surface area contributed by atoms with E-state index in [1.807, 2.05) is 12.1 Å². The highest BCUT2D eigenvalue weighted by Crippen LogP contribution is 2.34. The first-order valence-electron chi connectivity index (χ1n) is 10.8. The smallest absolute Gasteiger partial charge is 0.240 e. The first kappa shape index (κ1) is 19.3. The van der Waals surface area contributed by atoms with Crippen molar-refractivity contribution < 1.29 is 9.77 Å². The van der Waals surface area contributed by atoms with Crippen molar-refractivity contribution in [1.29, 1.82) is 0 Å². The highest BCUT2D eigenvalue weighted by Gasteiger charge is 2.34. The van der Waals surface area contributed by atoms with Crippen LogP contribution >= 0.6 is 0 Å². The normalized spacial score (nSPS) is 14.4. The molecule has 0 amide bonds. The Bertz CT molecular complexity index is 1240. The lowest BCUT2D eigenvalue weighted by atomic mass is 9.86. The maximum absolute atomic E-state index is 9.95. The van der Waals surface area contributed by atoms with Crippen molar-refractivity contribution in [2.45, 2.75) is 26.2 Å². The minimum absolute atomic E-state index is 0.747. The summed E-state index contributed by atoms with van der Waals surface area (Å²) in [5.74, 6) is 0. The van der Waals surface area contributed by atoms with Crippen LogP contribution in [0.1, 0.15) is 29.7 Å². The molecule has 0 saturated carbocycles. The predicted molar refractivity (Wildman–Crippen MR) is 125 cm³/mol. The van der Waals surface area contributed by atoms with Crippen molar-refractivity contribution in [3.63, 3.8) is 0 Å². The fourth-order valence-corrected chi connectivity index (χ4v) is 4.53. The summed E-state index contributed by atoms with van der Waals surface area (Å²) < 4.78 is 2.27. The van der Waals surface area contributed by atoms with Gasteiger partial charge >= 0.3 is 0 Å². The van der Waals surface area contributed by atoms with Crippen LogP contribution in [0.15, 0.2) is 96.2 Å². The lowest BCUT2D eigenvalue weighted by molar-refractivity contribution is -0.586. The van der Waals surface area contributed by atoms with Gasteiger partial charge in [-0.3, -0.25) is 0 Å². The fraction of sp³-hybridized carbons (Fsp3) is 0.143. The Morgan fingerprint density at radius 3 is 2.06 bits per heavy atom. The number of fused-ring (bicyclic) bond motifs is 1. The second kappa shape index (κ2) is 8.19. The van der Waals surface area contributed by atoms with E-state index < -0.39 is 0 Å². The molecule has 3 aromatic carbocycles. The molecule has 1 aromatic heterocycles. The molecule has 0 unspecified atom stereocenters. The van der Waals surface area contributed by atoms with Gasteiger partial charge in [-0.1, -0.05) is 71.4 Å². The van der Waals surface area contributed by atoms with Crippen LogP contribution in [0.3, 0.4) is 0 Å². The third kappa shape index (κ3) is 3.53. The molecular formula is C28H25N2O+. The van der Waals surface area contributed by atoms with Gasteiger partial charge in [-0.05, 0) is 43.0 Å². The van der Waals surface area contributed by atoms with Gasteiger partial charge < -0.3 is 5.21 Å². The van der Waals surface area contributed by atoms with Crippen LogP contribution in [-0.2, 0) is 6.42 Å². The zero-order valence-corrected chi connectivity index (χ0v) is 17.6. The summed E-state index contributed by atoms with van der Waals surface area (Å²) in [4.78, 5) is 0. The Morgan fingerprint density at radius 1 is 0.774 bits per heavy atom. The maximum atomic E-state index is 9.95. The third-order valence-electron chi connectivity index (χ3n) is 6.04. The van der Waals surface area contributed by atoms with E-state index in [0.717, 1.165) is 47.6 Å². The molecule has 3 heteroatoms. The van der Waals surface area contributed by atoms with E-state index in [-0.39, 0.29) is 0 Å². The van der Waals surface area contributed by atoms with E-state index in [1.54, 1.807) is 0 Å². The van der Waals surface area contributed by atoms with E-state index in [9.17, 15) is 5.21 Å². The average molecular weight is 406 g/mol. The van der Waals surface area contributed by atoms with Crippen LogP contribution in [-0.4, -0.2) is 10.9 Å². The van der Waals surface area contributed by atoms with E-state index >= 15 is 0 Å². The van der Waals surface area contributed by atoms with E-state index in [2.05, 4.69) is 95.5 Å². The molecule has 4 aromatic rings. The minimum Gasteiger partial charge on any atom is -0.410 e. The molecule has 152 valence electrons. The lowest BCUT2D eigenvalue weighted by Gasteiger charge is -2.21. The summed E-state index contributed by atoms with van der Waals surface area (Å²) in [7, 11) is 0. The van der Waals surface area contributed by atoms with E-state index in [0.29, 0.717) is 0 Å². The molecule has 0 atom stereocenters. The zero-order chi connectivity index (χ0) is 21.2. The molecule has 3 nitrogen and oxygen atoms in total. The van der Waals surface area contributed by atoms with Gasteiger partial charge in [0, 0.05) is 35.7 Å². The molecule has 0 fully saturated rings. The number of pyridine rings is 1. The predicted octanol–water partition coefficient (Wildman–Crippen LogP) is 6.12. The summed E-state index contributed by atoms with van der Waals surface area (Å²) in [6, 6.07) is 31.8. The van der Waals surface area contributed by atoms with E-state index in [1.165, 1.54) is 22.3 Å². The topological polar surface area (TPSA) is 36.5 Å². The summed E-state index contributed by atoms with van der Waals surface area (Å²) in [5, 5.41) is 13.7. The van der Waals surface area contributed by atoms with Gasteiger partial charge in [-0.2, -0.15) is 4.57 Å². The highest BCUT2D eigenvalue weighted by atomic mass is 16.4. The van der Waals surface area contributed by atoms with Crippen molar-refractivity contribution in [3.8, 4) is 28.1 Å². The zero-order valence-electron chi connectivity index (χ0n) is 17.6. The molecule has 0 radical (unpaired) electrons. The Labute approximate surface area is 182 Å². The summed E-state index contributed by atoms with van der Waals surface area (Å²) in [5.41, 5.74) is 9.90. The second-order valence-corrected chi connectivity index (χ2v) is 8.07. The standard InChI is InChI=1S/C28H24N2O/c1-20-15-17-23(18-16-20)30-27(22-11-6-3-7-12-22)19-25(21-9-4-2-5-10-21)24-13-8-14-26(29-31)28(24)30/h2-7,9-12,15-19H,8,13-14H2,1H3/p+1. The number of nitrogens with zero attached hydrogens (tertiary/aromatic N) is 2. The summed E-state index contributed by atoms with van der Waals surface area (Å²) in [6.07, 6.45) is 2.70. The van der Waals surface area contributed by atoms with Gasteiger partial charge in [-0.25, -0.2) is 0 Å². The number of oxime groups is 1. The molecule has 1 aliphatic carbocycles. The van der Waals surface area contributed by atoms with Gasteiger partial charge in [0.2, 0.25) is 17.1 Å². The third-order valence-corrected chi connectivity index (χ3v) is 6.04. The number of hydrogen-bond donors (Lipinski definition) is 1. The van der Waals surface area contributed by atoms with Gasteiger partial charge in [0.1, 0.15) is 0 Å². The number of hydrogen-bond acceptors (Lipinski definition) is 2. The van der Waals surface area contributed by atoms with Gasteiger partial charge in [0.05, 0.1) is 0 Å². The molecule has 5 rings (SSSR count). The second-order valence-electron chi connectivity index (χ2n) is 8.07. The van der Waals surface area contributed by atoms with Crippen LogP contribution in [0.4, 0.5) is 0 Å². The van der Waals surface area contributed by atoms with Crippen molar-refractivity contribution in [3.05, 3.63) is 108 Å². The maximum Gasteiger partial charge on any atom is 0.240 e. The van der Waals surface area contributed by atoms with Gasteiger partial charge in [-0.15, -0.1) is 0 Å². The summed E-state index contributed by atoms with van der Waals surface area (Å²) in [6.45, 7) is 2.10. The molecule has 0 saturated heterocycles. The molecule has 0 aliphatic heterocycles. The van der Waals surface area contributed by atoms with Gasteiger partial charge in [0.25, 0.3) is 0 Å². The van der Waals surface area contributed by atoms with Crippen molar-refractivity contribution in [2.24, 2.45) is 5.16 Å². The Balaban J connectivity index is 1.91. The molecule has 31 heavy (non-hydrogen) atoms. The molecule has 1 N–H and O–H groups in total. The molecule has 1 aliphatic rings. The monoisotopic (exact) mass is 405 g/mol. The molecular weight excluding hydrogens is 380 g/mol. The van der Waals surface area contributed by atoms with Gasteiger partial charge in [0.15, 0.2) is 5.71 Å². The quantitative estimate of drug-likeness (QED) is 0.249. The number of aromatic nitrogens is 1. The molecule has 1 heterocycles. The highest BCUT2D eigenvalue weighted by molar-refractivity contribution is 6.01. The lowest BCUT2D eigenvalue weighted by Crippen LogP contribution is -2.43. The SMILES string of the molecule is Cc1ccc(-[n+]2c(-c3ccccc3)cc(-c3ccccc3)c3c2/C(=N/O)CCC3)cc1. The van der Waals surface area contributed by atoms with Crippen LogP contribution in [0.5, 0.6) is 0 Å². The first-order valence-corrected chi connectivity index (χ1v) is 10.8.